The largest absolute Gasteiger partial charge is 0.377 e. The van der Waals surface area contributed by atoms with Crippen molar-refractivity contribution in [3.8, 4) is 0 Å². The van der Waals surface area contributed by atoms with Crippen LogP contribution in [0.3, 0.4) is 0 Å². The third kappa shape index (κ3) is 3.78. The van der Waals surface area contributed by atoms with Gasteiger partial charge in [-0.05, 0) is 38.5 Å². The van der Waals surface area contributed by atoms with Crippen molar-refractivity contribution >= 4 is 11.6 Å². The van der Waals surface area contributed by atoms with Crippen LogP contribution in [0.25, 0.3) is 0 Å². The number of benzene rings is 1. The highest BCUT2D eigenvalue weighted by Gasteiger charge is 2.11. The Morgan fingerprint density at radius 1 is 1.33 bits per heavy atom. The van der Waals surface area contributed by atoms with Gasteiger partial charge in [-0.1, -0.05) is 6.07 Å². The maximum absolute atomic E-state index is 11.9. The summed E-state index contributed by atoms with van der Waals surface area (Å²) in [5.41, 5.74) is 3.52. The minimum atomic E-state index is -0.0623. The molecule has 2 aromatic rings. The van der Waals surface area contributed by atoms with E-state index in [0.717, 1.165) is 16.9 Å². The number of carbonyl (C=O) groups excluding carboxylic acids is 1. The average molecular weight is 284 g/mol. The molecule has 21 heavy (non-hydrogen) atoms. The summed E-state index contributed by atoms with van der Waals surface area (Å²) in [6, 6.07) is 5.66. The van der Waals surface area contributed by atoms with Crippen LogP contribution in [0, 0.1) is 6.92 Å². The first-order chi connectivity index (χ1) is 10.1. The fraction of sp³-hybridized carbons (Fsp3) is 0.312. The average Bonchev–Trinajstić information content (AvgIpc) is 2.50. The Bertz CT molecular complexity index is 613. The highest BCUT2D eigenvalue weighted by molar-refractivity contribution is 5.95. The molecule has 5 nitrogen and oxygen atoms in total. The van der Waals surface area contributed by atoms with E-state index >= 15 is 0 Å². The van der Waals surface area contributed by atoms with Crippen molar-refractivity contribution in [1.82, 2.24) is 15.3 Å². The molecule has 0 bridgehead atoms. The van der Waals surface area contributed by atoms with Crippen LogP contribution in [0.15, 0.2) is 36.8 Å². The second kappa shape index (κ2) is 6.83. The molecule has 1 aromatic carbocycles. The van der Waals surface area contributed by atoms with Crippen molar-refractivity contribution in [2.75, 3.05) is 11.9 Å². The number of nitrogens with one attached hydrogen (secondary N) is 2. The number of hydrogen-bond donors (Lipinski definition) is 2. The predicted octanol–water partition coefficient (Wildman–Crippen LogP) is 2.71. The zero-order valence-electron chi connectivity index (χ0n) is 12.6. The van der Waals surface area contributed by atoms with Crippen LogP contribution in [0.2, 0.25) is 0 Å². The van der Waals surface area contributed by atoms with Gasteiger partial charge in [0, 0.05) is 30.2 Å². The van der Waals surface area contributed by atoms with Crippen molar-refractivity contribution in [2.24, 2.45) is 0 Å². The van der Waals surface area contributed by atoms with Crippen LogP contribution in [0.4, 0.5) is 5.69 Å². The molecule has 0 aliphatic rings. The highest BCUT2D eigenvalue weighted by Crippen LogP contribution is 2.22. The third-order valence-electron chi connectivity index (χ3n) is 3.24. The van der Waals surface area contributed by atoms with Crippen molar-refractivity contribution in [3.05, 3.63) is 53.6 Å². The molecule has 110 valence electrons. The van der Waals surface area contributed by atoms with Crippen molar-refractivity contribution in [2.45, 2.75) is 26.8 Å². The first-order valence-electron chi connectivity index (χ1n) is 7.03. The summed E-state index contributed by atoms with van der Waals surface area (Å²) in [6.45, 7) is 6.54. The number of aromatic nitrogens is 2. The Morgan fingerprint density at radius 3 is 2.81 bits per heavy atom. The molecule has 1 aromatic heterocycles. The summed E-state index contributed by atoms with van der Waals surface area (Å²) in [4.78, 5) is 20.3. The van der Waals surface area contributed by atoms with E-state index < -0.39 is 0 Å². The van der Waals surface area contributed by atoms with E-state index in [2.05, 4.69) is 20.6 Å². The Labute approximate surface area is 124 Å². The predicted molar refractivity (Wildman–Crippen MR) is 83.3 cm³/mol. The van der Waals surface area contributed by atoms with Crippen LogP contribution < -0.4 is 10.6 Å². The fourth-order valence-corrected chi connectivity index (χ4v) is 2.02. The summed E-state index contributed by atoms with van der Waals surface area (Å²) in [5.74, 6) is -0.0623. The molecule has 2 rings (SSSR count). The molecule has 5 heteroatoms. The molecule has 0 saturated heterocycles. The second-order valence-corrected chi connectivity index (χ2v) is 4.89. The van der Waals surface area contributed by atoms with Crippen molar-refractivity contribution in [3.63, 3.8) is 0 Å². The molecule has 0 aliphatic carbocycles. The van der Waals surface area contributed by atoms with Crippen LogP contribution in [-0.2, 0) is 0 Å². The lowest BCUT2D eigenvalue weighted by Gasteiger charge is -2.17. The molecule has 0 spiro atoms. The molecule has 1 amide bonds. The van der Waals surface area contributed by atoms with Gasteiger partial charge in [0.2, 0.25) is 0 Å². The van der Waals surface area contributed by atoms with Gasteiger partial charge in [0.05, 0.1) is 17.9 Å². The number of carbonyl (C=O) groups is 1. The molecule has 0 radical (unpaired) electrons. The van der Waals surface area contributed by atoms with Gasteiger partial charge < -0.3 is 10.6 Å². The number of aryl methyl sites for hydroxylation is 1. The number of nitrogens with zero attached hydrogens (tertiary/aromatic N) is 2. The maximum atomic E-state index is 11.9. The van der Waals surface area contributed by atoms with E-state index in [-0.39, 0.29) is 11.9 Å². The summed E-state index contributed by atoms with van der Waals surface area (Å²) >= 11 is 0. The molecule has 2 N–H and O–H groups in total. The minimum Gasteiger partial charge on any atom is -0.377 e. The van der Waals surface area contributed by atoms with E-state index in [1.165, 1.54) is 0 Å². The molecular formula is C16H20N4O. The van der Waals surface area contributed by atoms with Gasteiger partial charge in [0.25, 0.3) is 5.91 Å². The van der Waals surface area contributed by atoms with Crippen LogP contribution in [0.1, 0.15) is 41.5 Å². The lowest BCUT2D eigenvalue weighted by atomic mass is 10.1. The monoisotopic (exact) mass is 284 g/mol. The van der Waals surface area contributed by atoms with Crippen molar-refractivity contribution in [1.29, 1.82) is 0 Å². The first kappa shape index (κ1) is 15.0. The Kier molecular flexibility index (Phi) is 4.87. The molecule has 0 fully saturated rings. The SMILES string of the molecule is CCNC(=O)c1ccc(C)c(NC(C)c2cnccn2)c1. The number of amides is 1. The van der Waals surface area contributed by atoms with E-state index in [0.29, 0.717) is 12.1 Å². The van der Waals surface area contributed by atoms with E-state index in [1.807, 2.05) is 39.0 Å². The molecule has 0 aliphatic heterocycles. The summed E-state index contributed by atoms with van der Waals surface area (Å²) in [5, 5.41) is 6.19. The molecule has 1 heterocycles. The Hall–Kier alpha value is -2.43. The first-order valence-corrected chi connectivity index (χ1v) is 7.03. The number of hydrogen-bond acceptors (Lipinski definition) is 4. The third-order valence-corrected chi connectivity index (χ3v) is 3.24. The lowest BCUT2D eigenvalue weighted by molar-refractivity contribution is 0.0956. The van der Waals surface area contributed by atoms with Gasteiger partial charge in [0.1, 0.15) is 0 Å². The van der Waals surface area contributed by atoms with E-state index in [9.17, 15) is 4.79 Å². The minimum absolute atomic E-state index is 0.0156. The molecule has 0 saturated carbocycles. The molecular weight excluding hydrogens is 264 g/mol. The smallest absolute Gasteiger partial charge is 0.251 e. The molecule has 1 atom stereocenters. The summed E-state index contributed by atoms with van der Waals surface area (Å²) in [6.07, 6.45) is 5.06. The van der Waals surface area contributed by atoms with Gasteiger partial charge in [0.15, 0.2) is 0 Å². The summed E-state index contributed by atoms with van der Waals surface area (Å²) in [7, 11) is 0. The second-order valence-electron chi connectivity index (χ2n) is 4.89. The zero-order chi connectivity index (χ0) is 15.2. The number of rotatable bonds is 5. The van der Waals surface area contributed by atoms with Gasteiger partial charge in [-0.3, -0.25) is 14.8 Å². The van der Waals surface area contributed by atoms with E-state index in [1.54, 1.807) is 18.6 Å². The van der Waals surface area contributed by atoms with Crippen LogP contribution in [-0.4, -0.2) is 22.4 Å². The van der Waals surface area contributed by atoms with Gasteiger partial charge >= 0.3 is 0 Å². The maximum Gasteiger partial charge on any atom is 0.251 e. The van der Waals surface area contributed by atoms with Gasteiger partial charge in [-0.25, -0.2) is 0 Å². The van der Waals surface area contributed by atoms with E-state index in [4.69, 9.17) is 0 Å². The van der Waals surface area contributed by atoms with Gasteiger partial charge in [-0.2, -0.15) is 0 Å². The quantitative estimate of drug-likeness (QED) is 0.886. The number of anilines is 1. The zero-order valence-corrected chi connectivity index (χ0v) is 12.6. The fourth-order valence-electron chi connectivity index (χ4n) is 2.02. The molecule has 1 unspecified atom stereocenters. The lowest BCUT2D eigenvalue weighted by Crippen LogP contribution is -2.22. The van der Waals surface area contributed by atoms with Crippen LogP contribution in [0.5, 0.6) is 0 Å². The summed E-state index contributed by atoms with van der Waals surface area (Å²) < 4.78 is 0. The normalized spacial score (nSPS) is 11.8. The van der Waals surface area contributed by atoms with Gasteiger partial charge in [-0.15, -0.1) is 0 Å². The topological polar surface area (TPSA) is 66.9 Å². The standard InChI is InChI=1S/C16H20N4O/c1-4-18-16(21)13-6-5-11(2)14(9-13)20-12(3)15-10-17-7-8-19-15/h5-10,12,20H,4H2,1-3H3,(H,18,21). The van der Waals surface area contributed by atoms with Crippen molar-refractivity contribution < 1.29 is 4.79 Å². The highest BCUT2D eigenvalue weighted by atomic mass is 16.1. The Morgan fingerprint density at radius 2 is 2.14 bits per heavy atom. The Balaban J connectivity index is 2.19. The van der Waals surface area contributed by atoms with Crippen LogP contribution >= 0.6 is 0 Å².